The van der Waals surface area contributed by atoms with Crippen LogP contribution in [0, 0.1) is 17.6 Å². The molecule has 1 rings (SSSR count). The Hall–Kier alpha value is -0.390. The summed E-state index contributed by atoms with van der Waals surface area (Å²) in [5, 5.41) is 9.47. The largest absolute Gasteiger partial charge is 0.505 e. The van der Waals surface area contributed by atoms with Crippen molar-refractivity contribution in [3.8, 4) is 5.75 Å². The van der Waals surface area contributed by atoms with Gasteiger partial charge in [0.25, 0.3) is 0 Å². The Morgan fingerprint density at radius 2 is 1.88 bits per heavy atom. The van der Waals surface area contributed by atoms with Gasteiger partial charge in [0, 0.05) is 11.6 Å². The lowest BCUT2D eigenvalue weighted by Gasteiger charge is -2.16. The van der Waals surface area contributed by atoms with Crippen LogP contribution in [0.25, 0.3) is 0 Å². The summed E-state index contributed by atoms with van der Waals surface area (Å²) in [7, 11) is 0. The Kier molecular flexibility index (Phi) is 6.37. The first kappa shape index (κ1) is 16.6. The number of hydrogen-bond donors (Lipinski definition) is 2. The molecule has 0 aliphatic rings. The van der Waals surface area contributed by atoms with Crippen molar-refractivity contribution in [1.82, 2.24) is 0 Å². The Morgan fingerprint density at radius 3 is 2.35 bits per heavy atom. The predicted octanol–water partition coefficient (Wildman–Crippen LogP) is 3.90. The van der Waals surface area contributed by atoms with Crippen LogP contribution in [0.3, 0.4) is 0 Å². The summed E-state index contributed by atoms with van der Waals surface area (Å²) < 4.78 is 26.3. The third-order valence-corrected chi connectivity index (χ3v) is 2.87. The Bertz CT molecular complexity index is 402. The second-order valence-electron chi connectivity index (χ2n) is 4.16. The van der Waals surface area contributed by atoms with Crippen LogP contribution in [0.1, 0.15) is 31.9 Å². The van der Waals surface area contributed by atoms with Crippen molar-refractivity contribution in [1.29, 1.82) is 0 Å². The topological polar surface area (TPSA) is 46.2 Å². The monoisotopic (exact) mass is 329 g/mol. The summed E-state index contributed by atoms with van der Waals surface area (Å²) in [6, 6.07) is 0.812. The summed E-state index contributed by atoms with van der Waals surface area (Å²) in [5.41, 5.74) is 6.04. The Balaban J connectivity index is 0.00000256. The van der Waals surface area contributed by atoms with Gasteiger partial charge in [0.1, 0.15) is 0 Å². The maximum atomic E-state index is 13.2. The zero-order chi connectivity index (χ0) is 12.5. The molecule has 0 saturated heterocycles. The zero-order valence-electron chi connectivity index (χ0n) is 9.51. The molecule has 0 aromatic heterocycles. The van der Waals surface area contributed by atoms with Gasteiger partial charge in [0.05, 0.1) is 4.47 Å². The molecule has 0 unspecified atom stereocenters. The fraction of sp³-hybridized carbons (Fsp3) is 0.455. The van der Waals surface area contributed by atoms with Gasteiger partial charge in [-0.2, -0.15) is 4.39 Å². The van der Waals surface area contributed by atoms with E-state index in [1.807, 2.05) is 13.8 Å². The van der Waals surface area contributed by atoms with Gasteiger partial charge in [-0.05, 0) is 34.3 Å². The van der Waals surface area contributed by atoms with E-state index in [0.717, 1.165) is 0 Å². The molecule has 1 atom stereocenters. The second kappa shape index (κ2) is 6.52. The van der Waals surface area contributed by atoms with Crippen molar-refractivity contribution in [2.45, 2.75) is 26.3 Å². The molecule has 6 heteroatoms. The molecule has 0 amide bonds. The molecule has 0 bridgehead atoms. The first-order valence-corrected chi connectivity index (χ1v) is 5.75. The number of aromatic hydroxyl groups is 1. The van der Waals surface area contributed by atoms with Crippen molar-refractivity contribution in [2.75, 3.05) is 0 Å². The van der Waals surface area contributed by atoms with Crippen molar-refractivity contribution in [3.05, 3.63) is 27.7 Å². The number of benzene rings is 1. The van der Waals surface area contributed by atoms with Gasteiger partial charge in [-0.1, -0.05) is 13.8 Å². The fourth-order valence-electron chi connectivity index (χ4n) is 1.52. The van der Waals surface area contributed by atoms with Crippen LogP contribution < -0.4 is 5.73 Å². The lowest BCUT2D eigenvalue weighted by atomic mass is 9.97. The van der Waals surface area contributed by atoms with E-state index in [1.165, 1.54) is 6.07 Å². The first-order chi connectivity index (χ1) is 7.34. The highest BCUT2D eigenvalue weighted by Crippen LogP contribution is 2.34. The maximum absolute atomic E-state index is 13.2. The van der Waals surface area contributed by atoms with Crippen LogP contribution >= 0.6 is 28.3 Å². The second-order valence-corrected chi connectivity index (χ2v) is 5.01. The van der Waals surface area contributed by atoms with Gasteiger partial charge < -0.3 is 10.8 Å². The minimum absolute atomic E-state index is 0. The van der Waals surface area contributed by atoms with E-state index in [-0.39, 0.29) is 22.4 Å². The normalized spacial score (nSPS) is 12.4. The van der Waals surface area contributed by atoms with Crippen LogP contribution in [-0.4, -0.2) is 5.11 Å². The van der Waals surface area contributed by atoms with Gasteiger partial charge in [-0.15, -0.1) is 12.4 Å². The Morgan fingerprint density at radius 1 is 1.35 bits per heavy atom. The third-order valence-electron chi connectivity index (χ3n) is 2.29. The number of halogens is 4. The average molecular weight is 331 g/mol. The fourth-order valence-corrected chi connectivity index (χ4v) is 1.94. The smallest absolute Gasteiger partial charge is 0.201 e. The molecule has 0 aliphatic heterocycles. The maximum Gasteiger partial charge on any atom is 0.201 e. The standard InChI is InChI=1S/C11H14BrF2NO.ClH/c1-5(2)3-8(15)6-4-7(12)9(13)10(14)11(6)16;/h4-5,8,16H,3,15H2,1-2H3;1H/t8-;/m0./s1. The minimum atomic E-state index is -1.26. The van der Waals surface area contributed by atoms with E-state index in [2.05, 4.69) is 15.9 Å². The minimum Gasteiger partial charge on any atom is -0.505 e. The van der Waals surface area contributed by atoms with Gasteiger partial charge in [-0.25, -0.2) is 4.39 Å². The van der Waals surface area contributed by atoms with Crippen LogP contribution in [0.4, 0.5) is 8.78 Å². The zero-order valence-corrected chi connectivity index (χ0v) is 11.9. The van der Waals surface area contributed by atoms with E-state index >= 15 is 0 Å². The lowest BCUT2D eigenvalue weighted by molar-refractivity contribution is 0.389. The summed E-state index contributed by atoms with van der Waals surface area (Å²) >= 11 is 2.88. The van der Waals surface area contributed by atoms with Crippen LogP contribution in [0.5, 0.6) is 5.75 Å². The van der Waals surface area contributed by atoms with Crippen molar-refractivity contribution >= 4 is 28.3 Å². The Labute approximate surface area is 114 Å². The molecular weight excluding hydrogens is 315 g/mol. The molecule has 98 valence electrons. The van der Waals surface area contributed by atoms with Gasteiger partial charge in [-0.3, -0.25) is 0 Å². The highest BCUT2D eigenvalue weighted by Gasteiger charge is 2.21. The molecule has 3 N–H and O–H groups in total. The third kappa shape index (κ3) is 3.79. The van der Waals surface area contributed by atoms with E-state index < -0.39 is 23.4 Å². The molecular formula is C11H15BrClF2NO. The van der Waals surface area contributed by atoms with Crippen LogP contribution in [0.2, 0.25) is 0 Å². The van der Waals surface area contributed by atoms with Crippen molar-refractivity contribution in [2.24, 2.45) is 11.7 Å². The van der Waals surface area contributed by atoms with Crippen molar-refractivity contribution < 1.29 is 13.9 Å². The lowest BCUT2D eigenvalue weighted by Crippen LogP contribution is -2.14. The summed E-state index contributed by atoms with van der Waals surface area (Å²) in [4.78, 5) is 0. The quantitative estimate of drug-likeness (QED) is 0.826. The van der Waals surface area contributed by atoms with Crippen molar-refractivity contribution in [3.63, 3.8) is 0 Å². The SMILES string of the molecule is CC(C)C[C@H](N)c1cc(Br)c(F)c(F)c1O.Cl. The predicted molar refractivity (Wildman–Crippen MR) is 69.4 cm³/mol. The number of hydrogen-bond acceptors (Lipinski definition) is 2. The molecule has 1 aromatic rings. The van der Waals surface area contributed by atoms with E-state index in [4.69, 9.17) is 5.73 Å². The molecule has 0 heterocycles. The molecule has 0 fully saturated rings. The highest BCUT2D eigenvalue weighted by atomic mass is 79.9. The molecule has 2 nitrogen and oxygen atoms in total. The van der Waals surface area contributed by atoms with Gasteiger partial charge in [0.2, 0.25) is 5.82 Å². The summed E-state index contributed by atoms with van der Waals surface area (Å²) in [6.45, 7) is 3.93. The molecule has 17 heavy (non-hydrogen) atoms. The molecule has 0 spiro atoms. The molecule has 0 aliphatic carbocycles. The number of nitrogens with two attached hydrogens (primary N) is 1. The summed E-state index contributed by atoms with van der Waals surface area (Å²) in [5.74, 6) is -2.75. The van der Waals surface area contributed by atoms with Crippen LogP contribution in [-0.2, 0) is 0 Å². The summed E-state index contributed by atoms with van der Waals surface area (Å²) in [6.07, 6.45) is 0.588. The highest BCUT2D eigenvalue weighted by molar-refractivity contribution is 9.10. The van der Waals surface area contributed by atoms with Gasteiger partial charge >= 0.3 is 0 Å². The molecule has 0 radical (unpaired) electrons. The van der Waals surface area contributed by atoms with Crippen LogP contribution in [0.15, 0.2) is 10.5 Å². The number of rotatable bonds is 3. The van der Waals surface area contributed by atoms with Gasteiger partial charge in [0.15, 0.2) is 11.6 Å². The number of phenolic OH excluding ortho intramolecular Hbond substituents is 1. The molecule has 1 aromatic carbocycles. The average Bonchev–Trinajstić information content (AvgIpc) is 2.19. The van der Waals surface area contributed by atoms with E-state index in [0.29, 0.717) is 12.3 Å². The molecule has 0 saturated carbocycles. The first-order valence-electron chi connectivity index (χ1n) is 4.96. The number of phenols is 1. The van der Waals surface area contributed by atoms with E-state index in [1.54, 1.807) is 0 Å². The van der Waals surface area contributed by atoms with E-state index in [9.17, 15) is 13.9 Å².